The predicted molar refractivity (Wildman–Crippen MR) is 151 cm³/mol. The van der Waals surface area contributed by atoms with E-state index in [0.717, 1.165) is 12.8 Å². The van der Waals surface area contributed by atoms with Gasteiger partial charge in [0, 0.05) is 17.7 Å². The van der Waals surface area contributed by atoms with Crippen LogP contribution in [0.3, 0.4) is 0 Å². The summed E-state index contributed by atoms with van der Waals surface area (Å²) < 4.78 is 69.1. The molecule has 2 aliphatic rings. The van der Waals surface area contributed by atoms with E-state index in [1.54, 1.807) is 49.4 Å². The van der Waals surface area contributed by atoms with Gasteiger partial charge in [-0.15, -0.1) is 8.78 Å². The van der Waals surface area contributed by atoms with Crippen molar-refractivity contribution in [3.63, 3.8) is 0 Å². The minimum Gasteiger partial charge on any atom is -0.395 e. The average Bonchev–Trinajstić information content (AvgIpc) is 3.72. The van der Waals surface area contributed by atoms with E-state index in [1.165, 1.54) is 18.2 Å². The van der Waals surface area contributed by atoms with E-state index in [-0.39, 0.29) is 40.4 Å². The van der Waals surface area contributed by atoms with E-state index in [1.807, 2.05) is 4.57 Å². The molecule has 226 valence electrons. The molecule has 2 aliphatic heterocycles. The van der Waals surface area contributed by atoms with Gasteiger partial charge in [-0.3, -0.25) is 4.79 Å². The minimum absolute atomic E-state index is 0.0367. The Bertz CT molecular complexity index is 1790. The van der Waals surface area contributed by atoms with Crippen molar-refractivity contribution in [1.29, 1.82) is 0 Å². The molecule has 1 amide bonds. The van der Waals surface area contributed by atoms with Crippen LogP contribution in [0.1, 0.15) is 59.2 Å². The highest BCUT2D eigenvalue weighted by Gasteiger charge is 2.44. The number of hydrogen-bond acceptors (Lipinski definition) is 8. The quantitative estimate of drug-likeness (QED) is 0.282. The summed E-state index contributed by atoms with van der Waals surface area (Å²) in [4.78, 5) is 18.2. The van der Waals surface area contributed by atoms with E-state index >= 15 is 0 Å². The van der Waals surface area contributed by atoms with Gasteiger partial charge in [0.15, 0.2) is 21.3 Å². The average molecular weight is 614 g/mol. The number of ether oxygens (including phenoxy) is 3. The second-order valence-electron chi connectivity index (χ2n) is 10.4. The van der Waals surface area contributed by atoms with Gasteiger partial charge in [-0.2, -0.15) is 0 Å². The summed E-state index contributed by atoms with van der Waals surface area (Å²) in [5, 5.41) is 12.8. The molecule has 3 heterocycles. The Morgan fingerprint density at radius 1 is 1.16 bits per heavy atom. The van der Waals surface area contributed by atoms with Crippen LogP contribution in [0.5, 0.6) is 11.5 Å². The SMILES string of the molecule is CCS(=O)(=O)c1ccc(C(CO)NC(=O)c2ccc3c(c2)nc([C@H]2CCCO2)n3Cc2cccc3c2OC(F)(F)O3)cc1. The molecule has 0 spiro atoms. The number of aliphatic hydroxyl groups is 1. The highest BCUT2D eigenvalue weighted by molar-refractivity contribution is 7.91. The molecule has 13 heteroatoms. The van der Waals surface area contributed by atoms with Crippen molar-refractivity contribution in [2.24, 2.45) is 0 Å². The topological polar surface area (TPSA) is 129 Å². The summed E-state index contributed by atoms with van der Waals surface area (Å²) in [6.07, 6.45) is -2.48. The lowest BCUT2D eigenvalue weighted by Crippen LogP contribution is -2.30. The lowest BCUT2D eigenvalue weighted by molar-refractivity contribution is -0.287. The van der Waals surface area contributed by atoms with Crippen molar-refractivity contribution >= 4 is 26.8 Å². The van der Waals surface area contributed by atoms with E-state index in [9.17, 15) is 27.1 Å². The van der Waals surface area contributed by atoms with Gasteiger partial charge < -0.3 is 29.2 Å². The predicted octanol–water partition coefficient (Wildman–Crippen LogP) is 4.51. The van der Waals surface area contributed by atoms with E-state index < -0.39 is 34.7 Å². The number of rotatable bonds is 9. The number of carbonyl (C=O) groups excluding carboxylic acids is 1. The molecule has 0 saturated carbocycles. The lowest BCUT2D eigenvalue weighted by Gasteiger charge is -2.17. The zero-order valence-electron chi connectivity index (χ0n) is 23.1. The molecule has 1 fully saturated rings. The second kappa shape index (κ2) is 11.2. The molecule has 0 bridgehead atoms. The molecular weight excluding hydrogens is 584 g/mol. The number of benzene rings is 3. The first-order valence-electron chi connectivity index (χ1n) is 13.8. The Kier molecular flexibility index (Phi) is 7.57. The van der Waals surface area contributed by atoms with Crippen molar-refractivity contribution in [1.82, 2.24) is 14.9 Å². The Morgan fingerprint density at radius 3 is 2.65 bits per heavy atom. The summed E-state index contributed by atoms with van der Waals surface area (Å²) in [5.74, 6) is 0.00534. The smallest absolute Gasteiger partial charge is 0.395 e. The maximum atomic E-state index is 13.8. The van der Waals surface area contributed by atoms with Gasteiger partial charge in [-0.25, -0.2) is 13.4 Å². The van der Waals surface area contributed by atoms with E-state index in [4.69, 9.17) is 14.5 Å². The van der Waals surface area contributed by atoms with Crippen molar-refractivity contribution in [2.75, 3.05) is 19.0 Å². The van der Waals surface area contributed by atoms with Crippen LogP contribution in [0, 0.1) is 0 Å². The number of hydrogen-bond donors (Lipinski definition) is 2. The third-order valence-corrected chi connectivity index (χ3v) is 9.36. The summed E-state index contributed by atoms with van der Waals surface area (Å²) in [5.41, 5.74) is 2.47. The van der Waals surface area contributed by atoms with Crippen LogP contribution in [0.15, 0.2) is 65.6 Å². The van der Waals surface area contributed by atoms with Crippen LogP contribution < -0.4 is 14.8 Å². The van der Waals surface area contributed by atoms with Crippen molar-refractivity contribution in [3.8, 4) is 11.5 Å². The largest absolute Gasteiger partial charge is 0.586 e. The summed E-state index contributed by atoms with van der Waals surface area (Å²) in [7, 11) is -3.38. The Labute approximate surface area is 246 Å². The van der Waals surface area contributed by atoms with Gasteiger partial charge in [0.2, 0.25) is 0 Å². The number of nitrogens with one attached hydrogen (secondary N) is 1. The third kappa shape index (κ3) is 5.67. The van der Waals surface area contributed by atoms with Crippen molar-refractivity contribution < 1.29 is 41.3 Å². The van der Waals surface area contributed by atoms with Gasteiger partial charge >= 0.3 is 6.29 Å². The number of imidazole rings is 1. The number of aromatic nitrogens is 2. The monoisotopic (exact) mass is 613 g/mol. The molecule has 2 atom stereocenters. The lowest BCUT2D eigenvalue weighted by atomic mass is 10.1. The fourth-order valence-electron chi connectivity index (χ4n) is 5.35. The zero-order chi connectivity index (χ0) is 30.4. The fourth-order valence-corrected chi connectivity index (χ4v) is 6.24. The minimum atomic E-state index is -3.75. The van der Waals surface area contributed by atoms with Gasteiger partial charge in [-0.1, -0.05) is 31.2 Å². The maximum Gasteiger partial charge on any atom is 0.586 e. The van der Waals surface area contributed by atoms with Crippen LogP contribution >= 0.6 is 0 Å². The number of para-hydroxylation sites is 1. The van der Waals surface area contributed by atoms with Crippen LogP contribution in [0.2, 0.25) is 0 Å². The molecule has 0 radical (unpaired) electrons. The molecule has 10 nitrogen and oxygen atoms in total. The number of nitrogens with zero attached hydrogens (tertiary/aromatic N) is 2. The van der Waals surface area contributed by atoms with Gasteiger partial charge in [0.1, 0.15) is 11.9 Å². The van der Waals surface area contributed by atoms with Gasteiger partial charge in [0.05, 0.1) is 40.9 Å². The fraction of sp³-hybridized carbons (Fsp3) is 0.333. The van der Waals surface area contributed by atoms with Crippen LogP contribution in [-0.4, -0.2) is 54.2 Å². The highest BCUT2D eigenvalue weighted by atomic mass is 32.2. The van der Waals surface area contributed by atoms with Crippen LogP contribution in [0.4, 0.5) is 8.78 Å². The summed E-state index contributed by atoms with van der Waals surface area (Å²) in [6, 6.07) is 14.9. The molecule has 6 rings (SSSR count). The number of amides is 1. The third-order valence-electron chi connectivity index (χ3n) is 7.61. The highest BCUT2D eigenvalue weighted by Crippen LogP contribution is 2.44. The number of halogens is 2. The van der Waals surface area contributed by atoms with Crippen LogP contribution in [-0.2, 0) is 21.1 Å². The van der Waals surface area contributed by atoms with Gasteiger partial charge in [0.25, 0.3) is 5.91 Å². The zero-order valence-corrected chi connectivity index (χ0v) is 23.9. The standard InChI is InChI=1S/C30H29F2N3O7S/c1-2-43(38,39)21-11-8-18(9-12-21)23(17-36)34-29(37)19-10-13-24-22(15-19)33-28(26-7-4-14-40-26)35(24)16-20-5-3-6-25-27(20)42-30(31,32)41-25/h3,5-6,8-13,15,23,26,36H,2,4,7,14,16-17H2,1H3,(H,34,37)/t23?,26-/m1/s1. The van der Waals surface area contributed by atoms with E-state index in [0.29, 0.717) is 34.6 Å². The maximum absolute atomic E-state index is 13.8. The first-order valence-corrected chi connectivity index (χ1v) is 15.5. The molecule has 0 aliphatic carbocycles. The normalized spacial score (nSPS) is 18.2. The molecule has 2 N–H and O–H groups in total. The summed E-state index contributed by atoms with van der Waals surface area (Å²) >= 11 is 0. The molecule has 3 aromatic carbocycles. The number of aliphatic hydroxyl groups excluding tert-OH is 1. The number of alkyl halides is 2. The molecular formula is C30H29F2N3O7S. The second-order valence-corrected chi connectivity index (χ2v) is 12.6. The van der Waals surface area contributed by atoms with Crippen molar-refractivity contribution in [2.45, 2.75) is 49.6 Å². The Hall–Kier alpha value is -4.07. The molecule has 4 aromatic rings. The molecule has 43 heavy (non-hydrogen) atoms. The molecule has 1 aromatic heterocycles. The van der Waals surface area contributed by atoms with Gasteiger partial charge in [-0.05, 0) is 54.8 Å². The number of fused-ring (bicyclic) bond motifs is 2. The molecule has 1 saturated heterocycles. The first-order chi connectivity index (χ1) is 20.6. The first kappa shape index (κ1) is 29.0. The van der Waals surface area contributed by atoms with Crippen LogP contribution in [0.25, 0.3) is 11.0 Å². The van der Waals surface area contributed by atoms with Crippen molar-refractivity contribution in [3.05, 3.63) is 83.2 Å². The summed E-state index contributed by atoms with van der Waals surface area (Å²) in [6.45, 7) is 1.87. The Morgan fingerprint density at radius 2 is 1.95 bits per heavy atom. The van der Waals surface area contributed by atoms with E-state index in [2.05, 4.69) is 10.1 Å². The number of sulfone groups is 1. The molecule has 1 unspecified atom stereocenters. The Balaban J connectivity index is 1.29. The number of carbonyl (C=O) groups is 1.